The van der Waals surface area contributed by atoms with Crippen molar-refractivity contribution in [2.24, 2.45) is 53.1 Å². The molecule has 0 aromatic carbocycles. The SMILES string of the molecule is C.C.CC.CC1CCC(C)C1.CC1CCC(C)C1.CC1CCC(C)C1.CC1CCC(C)C1.CCOC(=O)N(C)C.CN(C)C(=O)OCCl.CN(C)C(=O)OC[n+]1cccc(C(=O)N(C)C)c1.CNC.NC(=O)c1cccnc1.O=C(Cl)OCCl.[CH3-]. The Balaban J connectivity index is -0.000000132. The molecule has 21 heteroatoms. The number of amides is 5. The van der Waals surface area contributed by atoms with Crippen molar-refractivity contribution in [3.8, 4) is 0 Å². The molecule has 3 N–H and O–H groups in total. The van der Waals surface area contributed by atoms with Gasteiger partial charge >= 0.3 is 23.7 Å². The molecule has 85 heavy (non-hydrogen) atoms. The molecule has 6 rings (SSSR count). The Morgan fingerprint density at radius 2 is 0.882 bits per heavy atom. The fourth-order valence-electron chi connectivity index (χ4n) is 8.19. The average molecular weight is 1270 g/mol. The van der Waals surface area contributed by atoms with Crippen molar-refractivity contribution in [3.05, 3.63) is 67.6 Å². The van der Waals surface area contributed by atoms with Crippen LogP contribution in [0.1, 0.15) is 189 Å². The van der Waals surface area contributed by atoms with Crippen LogP contribution < -0.4 is 15.6 Å². The van der Waals surface area contributed by atoms with E-state index in [9.17, 15) is 28.8 Å². The molecule has 8 atom stereocenters. The number of carbonyl (C=O) groups is 6. The molecule has 0 aliphatic heterocycles. The van der Waals surface area contributed by atoms with Crippen molar-refractivity contribution < 1.29 is 52.3 Å². The number of pyridine rings is 2. The minimum absolute atomic E-state index is 0. The summed E-state index contributed by atoms with van der Waals surface area (Å²) in [6, 6.07) is 6.47. The summed E-state index contributed by atoms with van der Waals surface area (Å²) in [6.07, 6.45) is 22.9. The summed E-state index contributed by atoms with van der Waals surface area (Å²) >= 11 is 14.6. The number of nitrogens with one attached hydrogen (secondary N) is 1. The third kappa shape index (κ3) is 62.2. The maximum Gasteiger partial charge on any atom is 0.414 e. The fraction of sp³-hybridized carbons (Fsp3) is 0.734. The number of nitrogens with two attached hydrogens (primary N) is 1. The molecule has 0 radical (unpaired) electrons. The van der Waals surface area contributed by atoms with Crippen LogP contribution in [0.3, 0.4) is 0 Å². The second-order valence-corrected chi connectivity index (χ2v) is 22.7. The van der Waals surface area contributed by atoms with Crippen LogP contribution in [0.2, 0.25) is 0 Å². The highest BCUT2D eigenvalue weighted by Crippen LogP contribution is 2.31. The number of hydrogen-bond acceptors (Lipinski definition) is 12. The second kappa shape index (κ2) is 62.4. The van der Waals surface area contributed by atoms with Gasteiger partial charge in [-0.05, 0) is 112 Å². The summed E-state index contributed by atoms with van der Waals surface area (Å²) in [7, 11) is 16.8. The van der Waals surface area contributed by atoms with Gasteiger partial charge < -0.3 is 57.0 Å². The Bertz CT molecular complexity index is 1780. The second-order valence-electron chi connectivity index (χ2n) is 21.9. The van der Waals surface area contributed by atoms with Gasteiger partial charge in [-0.1, -0.05) is 159 Å². The van der Waals surface area contributed by atoms with E-state index < -0.39 is 23.5 Å². The first-order valence-corrected chi connectivity index (χ1v) is 30.3. The highest BCUT2D eigenvalue weighted by molar-refractivity contribution is 6.61. The van der Waals surface area contributed by atoms with E-state index in [4.69, 9.17) is 33.7 Å². The van der Waals surface area contributed by atoms with E-state index >= 15 is 0 Å². The molecule has 2 aromatic rings. The molecule has 5 amide bonds. The molecule has 502 valence electrons. The first-order valence-electron chi connectivity index (χ1n) is 28.9. The van der Waals surface area contributed by atoms with Crippen molar-refractivity contribution >= 4 is 70.3 Å². The fourth-order valence-corrected chi connectivity index (χ4v) is 8.49. The number of carbonyl (C=O) groups excluding carboxylic acids is 6. The number of nitrogens with zero attached hydrogens (tertiary/aromatic N) is 6. The zero-order valence-corrected chi connectivity index (χ0v) is 57.8. The Morgan fingerprint density at radius 1 is 0.565 bits per heavy atom. The predicted molar refractivity (Wildman–Crippen MR) is 357 cm³/mol. The summed E-state index contributed by atoms with van der Waals surface area (Å²) in [6.45, 7) is 25.1. The highest BCUT2D eigenvalue weighted by Gasteiger charge is 2.19. The monoisotopic (exact) mass is 1270 g/mol. The Labute approximate surface area is 534 Å². The molecule has 2 aromatic heterocycles. The first kappa shape index (κ1) is 96.7. The Kier molecular flexibility index (Phi) is 71.0. The van der Waals surface area contributed by atoms with Gasteiger partial charge in [0.25, 0.3) is 12.6 Å². The molecular weight excluding hydrogens is 1150 g/mol. The zero-order valence-electron chi connectivity index (χ0n) is 55.5. The standard InChI is InChI=1S/C12H18N3O3.4C7H14.C6H6N2O.C5H11NO2.C4H8ClNO2.C2H2Cl2O2.C2H7N.C2H6.2CH4.CH3/c1-13(2)11(16)10-6-5-7-15(8-10)9-18-12(17)14(3)4;4*1-6-3-4-7(2)5-6;7-6(9)5-2-1-3-8-4-5;1-4-8-5(7)6(2)3;1-6(2)4(7)8-3-5;3-1-6-2(4)5;1-3-2;1-2;;;/h5-8H,9H2,1-4H3;4*6-7H,3-5H2,1-2H3;1-4H,(H2,7,9);4H2,1-3H3;3H2,1-2H3;1H2;3H,1-2H3;1-2H3;2*1H4;1H3/q+1;;;;;;;;;;;;;-1. The molecule has 4 saturated carbocycles. The minimum Gasteiger partial charge on any atom is -0.450 e. The van der Waals surface area contributed by atoms with Gasteiger partial charge in [0.2, 0.25) is 5.91 Å². The number of hydrogen-bond donors (Lipinski definition) is 2. The number of ether oxygens (including phenoxy) is 4. The van der Waals surface area contributed by atoms with Crippen molar-refractivity contribution in [1.29, 1.82) is 0 Å². The van der Waals surface area contributed by atoms with Gasteiger partial charge in [-0.3, -0.25) is 14.6 Å². The third-order valence-electron chi connectivity index (χ3n) is 12.3. The number of rotatable bonds is 7. The lowest BCUT2D eigenvalue weighted by molar-refractivity contribution is -0.727. The lowest BCUT2D eigenvalue weighted by Gasteiger charge is -2.10. The summed E-state index contributed by atoms with van der Waals surface area (Å²) in [5, 5.41) is 2.75. The normalized spacial score (nSPS) is 19.2. The maximum absolute atomic E-state index is 11.7. The Hall–Kier alpha value is -4.65. The van der Waals surface area contributed by atoms with E-state index in [0.29, 0.717) is 17.7 Å². The van der Waals surface area contributed by atoms with Gasteiger partial charge in [0, 0.05) is 86.4 Å². The summed E-state index contributed by atoms with van der Waals surface area (Å²) < 4.78 is 19.5. The Morgan fingerprint density at radius 3 is 1.07 bits per heavy atom. The predicted octanol–water partition coefficient (Wildman–Crippen LogP) is 16.0. The lowest BCUT2D eigenvalue weighted by atomic mass is 10.1. The summed E-state index contributed by atoms with van der Waals surface area (Å²) in [5.41, 5.74) is 5.05. The van der Waals surface area contributed by atoms with Crippen LogP contribution in [0, 0.1) is 54.8 Å². The van der Waals surface area contributed by atoms with Crippen molar-refractivity contribution in [2.75, 3.05) is 89.2 Å². The third-order valence-corrected chi connectivity index (χ3v) is 12.7. The molecule has 0 bridgehead atoms. The van der Waals surface area contributed by atoms with Crippen LogP contribution in [0.15, 0.2) is 49.1 Å². The number of primary amides is 1. The molecule has 2 heterocycles. The van der Waals surface area contributed by atoms with E-state index in [1.807, 2.05) is 27.9 Å². The van der Waals surface area contributed by atoms with Gasteiger partial charge in [0.05, 0.1) is 12.2 Å². The van der Waals surface area contributed by atoms with E-state index in [1.165, 1.54) is 103 Å². The van der Waals surface area contributed by atoms with E-state index in [-0.39, 0.29) is 53.1 Å². The average Bonchev–Trinajstić information content (AvgIpc) is 4.22. The molecule has 4 fully saturated rings. The highest BCUT2D eigenvalue weighted by atomic mass is 35.5. The van der Waals surface area contributed by atoms with Crippen LogP contribution >= 0.6 is 34.8 Å². The molecule has 18 nitrogen and oxygen atoms in total. The zero-order chi connectivity index (χ0) is 64.3. The first-order chi connectivity index (χ1) is 38.4. The van der Waals surface area contributed by atoms with Crippen LogP contribution in [-0.2, 0) is 25.7 Å². The van der Waals surface area contributed by atoms with Crippen LogP contribution in [0.25, 0.3) is 0 Å². The van der Waals surface area contributed by atoms with Crippen LogP contribution in [-0.4, -0.2) is 149 Å². The molecule has 8 unspecified atom stereocenters. The smallest absolute Gasteiger partial charge is 0.414 e. The molecule has 4 aliphatic rings. The maximum atomic E-state index is 11.7. The molecule has 4 aliphatic carbocycles. The van der Waals surface area contributed by atoms with Gasteiger partial charge in [0.1, 0.15) is 5.56 Å². The lowest BCUT2D eigenvalue weighted by Crippen LogP contribution is -2.38. The van der Waals surface area contributed by atoms with E-state index in [2.05, 4.69) is 91.5 Å². The van der Waals surface area contributed by atoms with Crippen molar-refractivity contribution in [3.63, 3.8) is 0 Å². The summed E-state index contributed by atoms with van der Waals surface area (Å²) in [5.74, 6) is 7.65. The summed E-state index contributed by atoms with van der Waals surface area (Å²) in [4.78, 5) is 72.9. The van der Waals surface area contributed by atoms with Gasteiger partial charge in [-0.25, -0.2) is 19.2 Å². The largest absolute Gasteiger partial charge is 0.450 e. The number of halogens is 3. The topological polar surface area (TPSA) is 207 Å². The number of aromatic nitrogens is 2. The molecule has 0 saturated heterocycles. The number of alkyl halides is 2. The van der Waals surface area contributed by atoms with E-state index in [1.54, 1.807) is 111 Å². The van der Waals surface area contributed by atoms with E-state index in [0.717, 1.165) is 47.3 Å². The quantitative estimate of drug-likeness (QED) is 0.0873. The van der Waals surface area contributed by atoms with Crippen LogP contribution in [0.5, 0.6) is 0 Å². The van der Waals surface area contributed by atoms with Crippen molar-refractivity contribution in [2.45, 2.75) is 175 Å². The molecule has 0 spiro atoms. The van der Waals surface area contributed by atoms with Crippen molar-refractivity contribution in [1.82, 2.24) is 29.9 Å². The molecular formula is C64H125Cl3N8O10. The van der Waals surface area contributed by atoms with Crippen LogP contribution in [0.4, 0.5) is 19.2 Å². The van der Waals surface area contributed by atoms with Gasteiger partial charge in [-0.2, -0.15) is 4.57 Å². The minimum atomic E-state index is -0.870. The van der Waals surface area contributed by atoms with Gasteiger partial charge in [-0.15, -0.1) is 0 Å². The van der Waals surface area contributed by atoms with Gasteiger partial charge in [0.15, 0.2) is 24.5 Å².